The van der Waals surface area contributed by atoms with Gasteiger partial charge in [0.05, 0.1) is 6.10 Å². The van der Waals surface area contributed by atoms with Crippen LogP contribution < -0.4 is 9.64 Å². The van der Waals surface area contributed by atoms with Gasteiger partial charge in [-0.25, -0.2) is 9.97 Å². The highest BCUT2D eigenvalue weighted by molar-refractivity contribution is 9.09. The van der Waals surface area contributed by atoms with Gasteiger partial charge in [0.1, 0.15) is 12.1 Å². The normalized spacial score (nSPS) is 20.4. The fourth-order valence-electron chi connectivity index (χ4n) is 2.43. The second-order valence-corrected chi connectivity index (χ2v) is 5.88. The number of rotatable bonds is 4. The minimum Gasteiger partial charge on any atom is -0.475 e. The fraction of sp³-hybridized carbons (Fsp3) is 0.714. The molecule has 1 aromatic heterocycles. The van der Waals surface area contributed by atoms with Crippen LogP contribution in [0.5, 0.6) is 5.88 Å². The number of alkyl halides is 1. The molecule has 19 heavy (non-hydrogen) atoms. The van der Waals surface area contributed by atoms with Gasteiger partial charge in [0.25, 0.3) is 0 Å². The Bertz CT molecular complexity index is 400. The molecular formula is C14H22BrN3O. The average molecular weight is 328 g/mol. The van der Waals surface area contributed by atoms with E-state index in [1.807, 2.05) is 19.9 Å². The van der Waals surface area contributed by atoms with E-state index < -0.39 is 0 Å². The summed E-state index contributed by atoms with van der Waals surface area (Å²) in [5.74, 6) is 1.65. The first-order chi connectivity index (χ1) is 9.20. The van der Waals surface area contributed by atoms with Gasteiger partial charge in [-0.1, -0.05) is 28.8 Å². The Morgan fingerprint density at radius 3 is 2.95 bits per heavy atom. The number of anilines is 1. The third-order valence-electron chi connectivity index (χ3n) is 3.33. The molecule has 106 valence electrons. The molecule has 0 N–H and O–H groups in total. The maximum absolute atomic E-state index is 5.66. The third-order valence-corrected chi connectivity index (χ3v) is 4.08. The fourth-order valence-corrected chi connectivity index (χ4v) is 3.11. The molecule has 0 saturated carbocycles. The molecule has 2 heterocycles. The molecule has 1 fully saturated rings. The zero-order chi connectivity index (χ0) is 13.7. The van der Waals surface area contributed by atoms with E-state index >= 15 is 0 Å². The van der Waals surface area contributed by atoms with Crippen molar-refractivity contribution in [1.29, 1.82) is 0 Å². The minimum absolute atomic E-state index is 0.138. The second kappa shape index (κ2) is 7.08. The maximum Gasteiger partial charge on any atom is 0.218 e. The van der Waals surface area contributed by atoms with Gasteiger partial charge in [0, 0.05) is 24.0 Å². The summed E-state index contributed by atoms with van der Waals surface area (Å²) in [4.78, 5) is 11.0. The minimum atomic E-state index is 0.138. The molecule has 4 nitrogen and oxygen atoms in total. The lowest BCUT2D eigenvalue weighted by Gasteiger charge is -2.29. The monoisotopic (exact) mass is 327 g/mol. The van der Waals surface area contributed by atoms with Crippen LogP contribution in [-0.4, -0.2) is 34.0 Å². The van der Waals surface area contributed by atoms with E-state index in [0.717, 1.165) is 17.7 Å². The molecule has 1 atom stereocenters. The van der Waals surface area contributed by atoms with Crippen molar-refractivity contribution in [2.24, 2.45) is 0 Å². The number of hydrogen-bond acceptors (Lipinski definition) is 4. The highest BCUT2D eigenvalue weighted by Gasteiger charge is 2.21. The Morgan fingerprint density at radius 1 is 1.37 bits per heavy atom. The number of halogens is 1. The lowest BCUT2D eigenvalue weighted by atomic mass is 10.1. The molecule has 1 aliphatic heterocycles. The first kappa shape index (κ1) is 14.6. The predicted molar refractivity (Wildman–Crippen MR) is 81.2 cm³/mol. The number of ether oxygens (including phenoxy) is 1. The van der Waals surface area contributed by atoms with Crippen LogP contribution in [0.4, 0.5) is 5.82 Å². The number of hydrogen-bond donors (Lipinski definition) is 0. The zero-order valence-electron chi connectivity index (χ0n) is 11.7. The van der Waals surface area contributed by atoms with Crippen molar-refractivity contribution >= 4 is 21.7 Å². The first-order valence-corrected chi connectivity index (χ1v) is 8.14. The first-order valence-electron chi connectivity index (χ1n) is 7.02. The van der Waals surface area contributed by atoms with Gasteiger partial charge in [-0.15, -0.1) is 0 Å². The van der Waals surface area contributed by atoms with Crippen LogP contribution >= 0.6 is 15.9 Å². The zero-order valence-corrected chi connectivity index (χ0v) is 13.3. The molecule has 5 heteroatoms. The van der Waals surface area contributed by atoms with Crippen molar-refractivity contribution in [3.8, 4) is 5.88 Å². The summed E-state index contributed by atoms with van der Waals surface area (Å²) < 4.78 is 5.66. The molecule has 0 aromatic carbocycles. The van der Waals surface area contributed by atoms with E-state index in [4.69, 9.17) is 4.74 Å². The van der Waals surface area contributed by atoms with Gasteiger partial charge in [-0.3, -0.25) is 0 Å². The van der Waals surface area contributed by atoms with Crippen LogP contribution in [0.25, 0.3) is 0 Å². The summed E-state index contributed by atoms with van der Waals surface area (Å²) in [7, 11) is 0. The smallest absolute Gasteiger partial charge is 0.218 e. The third kappa shape index (κ3) is 4.06. The Kier molecular flexibility index (Phi) is 5.43. The van der Waals surface area contributed by atoms with Crippen molar-refractivity contribution in [3.05, 3.63) is 12.4 Å². The average Bonchev–Trinajstić information content (AvgIpc) is 2.63. The van der Waals surface area contributed by atoms with Gasteiger partial charge >= 0.3 is 0 Å². The van der Waals surface area contributed by atoms with Crippen molar-refractivity contribution < 1.29 is 4.74 Å². The topological polar surface area (TPSA) is 38.2 Å². The molecule has 0 aliphatic carbocycles. The summed E-state index contributed by atoms with van der Waals surface area (Å²) in [5, 5.41) is 0.984. The molecule has 0 amide bonds. The van der Waals surface area contributed by atoms with Crippen LogP contribution in [0.2, 0.25) is 0 Å². The quantitative estimate of drug-likeness (QED) is 0.794. The predicted octanol–water partition coefficient (Wildman–Crippen LogP) is 3.41. The number of nitrogens with zero attached hydrogens (tertiary/aromatic N) is 3. The molecule has 1 unspecified atom stereocenters. The van der Waals surface area contributed by atoms with Crippen molar-refractivity contribution in [3.63, 3.8) is 0 Å². The van der Waals surface area contributed by atoms with Gasteiger partial charge in [-0.05, 0) is 26.7 Å². The van der Waals surface area contributed by atoms with Crippen molar-refractivity contribution in [1.82, 2.24) is 9.97 Å². The molecule has 2 rings (SSSR count). The molecule has 1 aliphatic rings. The molecular weight excluding hydrogens is 306 g/mol. The van der Waals surface area contributed by atoms with Crippen LogP contribution in [0.1, 0.15) is 39.5 Å². The van der Waals surface area contributed by atoms with E-state index in [0.29, 0.717) is 11.9 Å². The molecule has 1 saturated heterocycles. The van der Waals surface area contributed by atoms with Crippen molar-refractivity contribution in [2.75, 3.05) is 16.8 Å². The largest absolute Gasteiger partial charge is 0.475 e. The van der Waals surface area contributed by atoms with Gasteiger partial charge < -0.3 is 9.64 Å². The van der Waals surface area contributed by atoms with Gasteiger partial charge in [0.15, 0.2) is 0 Å². The van der Waals surface area contributed by atoms with Gasteiger partial charge in [-0.2, -0.15) is 0 Å². The van der Waals surface area contributed by atoms with E-state index in [2.05, 4.69) is 30.8 Å². The van der Waals surface area contributed by atoms with E-state index in [1.54, 1.807) is 6.33 Å². The summed E-state index contributed by atoms with van der Waals surface area (Å²) >= 11 is 3.63. The van der Waals surface area contributed by atoms with E-state index in [-0.39, 0.29) is 6.10 Å². The van der Waals surface area contributed by atoms with Crippen LogP contribution in [0, 0.1) is 0 Å². The Hall–Kier alpha value is -0.840. The SMILES string of the molecule is CC(C)Oc1cc(N2CCCCCC2CBr)ncn1. The second-order valence-electron chi connectivity index (χ2n) is 5.23. The standard InChI is InChI=1S/C14H22BrN3O/c1-11(2)19-14-8-13(16-10-17-14)18-7-5-3-4-6-12(18)9-15/h8,10-12H,3-7,9H2,1-2H3. The molecule has 1 aromatic rings. The highest BCUT2D eigenvalue weighted by Crippen LogP contribution is 2.25. The maximum atomic E-state index is 5.66. The molecule has 0 radical (unpaired) electrons. The Balaban J connectivity index is 2.18. The summed E-state index contributed by atoms with van der Waals surface area (Å²) in [6, 6.07) is 2.48. The lowest BCUT2D eigenvalue weighted by molar-refractivity contribution is 0.232. The van der Waals surface area contributed by atoms with Gasteiger partial charge in [0.2, 0.25) is 5.88 Å². The van der Waals surface area contributed by atoms with Crippen LogP contribution in [0.15, 0.2) is 12.4 Å². The summed E-state index contributed by atoms with van der Waals surface area (Å²) in [6.07, 6.45) is 6.79. The molecule has 0 spiro atoms. The molecule has 0 bridgehead atoms. The van der Waals surface area contributed by atoms with E-state index in [1.165, 1.54) is 25.7 Å². The summed E-state index contributed by atoms with van der Waals surface area (Å²) in [6.45, 7) is 5.08. The van der Waals surface area contributed by atoms with E-state index in [9.17, 15) is 0 Å². The Labute approximate surface area is 123 Å². The highest BCUT2D eigenvalue weighted by atomic mass is 79.9. The van der Waals surface area contributed by atoms with Crippen molar-refractivity contribution in [2.45, 2.75) is 51.7 Å². The summed E-state index contributed by atoms with van der Waals surface area (Å²) in [5.41, 5.74) is 0. The Morgan fingerprint density at radius 2 is 2.21 bits per heavy atom. The van der Waals surface area contributed by atoms with Crippen LogP contribution in [-0.2, 0) is 0 Å². The number of aromatic nitrogens is 2. The van der Waals surface area contributed by atoms with Crippen LogP contribution in [0.3, 0.4) is 0 Å². The lowest BCUT2D eigenvalue weighted by Crippen LogP contribution is -2.36.